The Balaban J connectivity index is 2.95. The molecule has 0 aromatic heterocycles. The van der Waals surface area contributed by atoms with Crippen molar-refractivity contribution >= 4 is 5.69 Å². The van der Waals surface area contributed by atoms with Crippen molar-refractivity contribution in [2.24, 2.45) is 0 Å². The standard InChI is InChI=1S/C10H10FNO3/c1-2-3-7-15-9-6-4-5-8(11)10(9)12(13)14/h2-6H,7H2,1H3. The topological polar surface area (TPSA) is 52.4 Å². The van der Waals surface area contributed by atoms with E-state index in [4.69, 9.17) is 4.74 Å². The third-order valence-electron chi connectivity index (χ3n) is 1.70. The molecule has 4 nitrogen and oxygen atoms in total. The molecule has 0 saturated carbocycles. The van der Waals surface area contributed by atoms with Crippen molar-refractivity contribution in [3.8, 4) is 5.75 Å². The maximum atomic E-state index is 13.1. The number of para-hydroxylation sites is 1. The number of nitro groups is 1. The molecule has 0 amide bonds. The second-order valence-electron chi connectivity index (χ2n) is 2.72. The highest BCUT2D eigenvalue weighted by molar-refractivity contribution is 5.47. The van der Waals surface area contributed by atoms with Crippen molar-refractivity contribution in [1.29, 1.82) is 0 Å². The highest BCUT2D eigenvalue weighted by Gasteiger charge is 2.20. The Morgan fingerprint density at radius 1 is 1.60 bits per heavy atom. The first-order chi connectivity index (χ1) is 7.16. The van der Waals surface area contributed by atoms with Gasteiger partial charge in [0.15, 0.2) is 0 Å². The van der Waals surface area contributed by atoms with Gasteiger partial charge in [-0.2, -0.15) is 4.39 Å². The summed E-state index contributed by atoms with van der Waals surface area (Å²) < 4.78 is 18.1. The summed E-state index contributed by atoms with van der Waals surface area (Å²) in [6.07, 6.45) is 3.42. The Morgan fingerprint density at radius 3 is 2.93 bits per heavy atom. The maximum Gasteiger partial charge on any atom is 0.346 e. The zero-order valence-electron chi connectivity index (χ0n) is 8.14. The predicted octanol–water partition coefficient (Wildman–Crippen LogP) is 2.69. The van der Waals surface area contributed by atoms with E-state index in [1.807, 2.05) is 0 Å². The lowest BCUT2D eigenvalue weighted by Crippen LogP contribution is -2.00. The molecule has 0 N–H and O–H groups in total. The molecule has 1 aromatic rings. The minimum atomic E-state index is -0.891. The zero-order chi connectivity index (χ0) is 11.3. The summed E-state index contributed by atoms with van der Waals surface area (Å²) in [4.78, 5) is 9.75. The summed E-state index contributed by atoms with van der Waals surface area (Å²) in [7, 11) is 0. The Kier molecular flexibility index (Phi) is 3.79. The van der Waals surface area contributed by atoms with Gasteiger partial charge in [-0.1, -0.05) is 18.2 Å². The molecule has 0 bridgehead atoms. The van der Waals surface area contributed by atoms with Crippen LogP contribution in [0.3, 0.4) is 0 Å². The Hall–Kier alpha value is -1.91. The first-order valence-electron chi connectivity index (χ1n) is 4.33. The predicted molar refractivity (Wildman–Crippen MR) is 53.4 cm³/mol. The molecular weight excluding hydrogens is 201 g/mol. The minimum Gasteiger partial charge on any atom is -0.483 e. The van der Waals surface area contributed by atoms with E-state index in [-0.39, 0.29) is 12.4 Å². The van der Waals surface area contributed by atoms with E-state index in [1.165, 1.54) is 12.1 Å². The summed E-state index contributed by atoms with van der Waals surface area (Å²) in [5.41, 5.74) is -0.623. The molecule has 1 aromatic carbocycles. The molecule has 0 unspecified atom stereocenters. The number of rotatable bonds is 4. The van der Waals surface area contributed by atoms with E-state index in [2.05, 4.69) is 0 Å². The van der Waals surface area contributed by atoms with E-state index < -0.39 is 16.4 Å². The largest absolute Gasteiger partial charge is 0.483 e. The van der Waals surface area contributed by atoms with Crippen LogP contribution >= 0.6 is 0 Å². The minimum absolute atomic E-state index is 0.0573. The van der Waals surface area contributed by atoms with Gasteiger partial charge in [0.1, 0.15) is 6.61 Å². The average molecular weight is 211 g/mol. The Morgan fingerprint density at radius 2 is 2.33 bits per heavy atom. The number of nitro benzene ring substituents is 1. The number of ether oxygens (including phenoxy) is 1. The van der Waals surface area contributed by atoms with E-state index in [9.17, 15) is 14.5 Å². The van der Waals surface area contributed by atoms with Crippen LogP contribution in [0.5, 0.6) is 5.75 Å². The molecule has 0 saturated heterocycles. The number of halogens is 1. The second kappa shape index (κ2) is 5.09. The van der Waals surface area contributed by atoms with Crippen molar-refractivity contribution in [2.45, 2.75) is 6.92 Å². The third kappa shape index (κ3) is 2.77. The molecule has 0 aliphatic heterocycles. The summed E-state index contributed by atoms with van der Waals surface area (Å²) in [6.45, 7) is 1.98. The van der Waals surface area contributed by atoms with Gasteiger partial charge in [-0.05, 0) is 19.1 Å². The van der Waals surface area contributed by atoms with Gasteiger partial charge in [0, 0.05) is 0 Å². The van der Waals surface area contributed by atoms with E-state index in [1.54, 1.807) is 19.1 Å². The average Bonchev–Trinajstić information content (AvgIpc) is 2.17. The molecule has 0 aliphatic carbocycles. The molecule has 1 rings (SSSR count). The third-order valence-corrected chi connectivity index (χ3v) is 1.70. The summed E-state index contributed by atoms with van der Waals surface area (Å²) in [5.74, 6) is -0.948. The van der Waals surface area contributed by atoms with E-state index in [0.717, 1.165) is 6.07 Å². The fourth-order valence-corrected chi connectivity index (χ4v) is 1.02. The SMILES string of the molecule is CC=CCOc1cccc(F)c1[N+](=O)[O-]. The van der Waals surface area contributed by atoms with Gasteiger partial charge < -0.3 is 4.74 Å². The van der Waals surface area contributed by atoms with Gasteiger partial charge in [0.25, 0.3) is 0 Å². The van der Waals surface area contributed by atoms with Crippen molar-refractivity contribution in [3.63, 3.8) is 0 Å². The zero-order valence-corrected chi connectivity index (χ0v) is 8.14. The van der Waals surface area contributed by atoms with Crippen LogP contribution in [-0.2, 0) is 0 Å². The molecule has 0 spiro atoms. The molecule has 0 aliphatic rings. The van der Waals surface area contributed by atoms with Crippen LogP contribution in [0, 0.1) is 15.9 Å². The van der Waals surface area contributed by atoms with Gasteiger partial charge in [0.2, 0.25) is 11.6 Å². The molecule has 0 fully saturated rings. The van der Waals surface area contributed by atoms with Gasteiger partial charge in [0.05, 0.1) is 4.92 Å². The second-order valence-corrected chi connectivity index (χ2v) is 2.72. The van der Waals surface area contributed by atoms with Crippen LogP contribution in [0.2, 0.25) is 0 Å². The first kappa shape index (κ1) is 11.2. The van der Waals surface area contributed by atoms with Crippen LogP contribution < -0.4 is 4.74 Å². The smallest absolute Gasteiger partial charge is 0.346 e. The van der Waals surface area contributed by atoms with Crippen LogP contribution in [-0.4, -0.2) is 11.5 Å². The lowest BCUT2D eigenvalue weighted by atomic mass is 10.3. The molecule has 15 heavy (non-hydrogen) atoms. The molecule has 0 radical (unpaired) electrons. The monoisotopic (exact) mass is 211 g/mol. The fraction of sp³-hybridized carbons (Fsp3) is 0.200. The summed E-state index contributed by atoms with van der Waals surface area (Å²) in [5, 5.41) is 10.5. The highest BCUT2D eigenvalue weighted by atomic mass is 19.1. The number of allylic oxidation sites excluding steroid dienone is 1. The molecule has 80 valence electrons. The van der Waals surface area contributed by atoms with Crippen molar-refractivity contribution in [3.05, 3.63) is 46.3 Å². The first-order valence-corrected chi connectivity index (χ1v) is 4.33. The van der Waals surface area contributed by atoms with Gasteiger partial charge in [-0.3, -0.25) is 10.1 Å². The van der Waals surface area contributed by atoms with E-state index >= 15 is 0 Å². The van der Waals surface area contributed by atoms with Crippen LogP contribution in [0.15, 0.2) is 30.4 Å². The Bertz CT molecular complexity index is 390. The van der Waals surface area contributed by atoms with Gasteiger partial charge >= 0.3 is 5.69 Å². The number of hydrogen-bond acceptors (Lipinski definition) is 3. The van der Waals surface area contributed by atoms with Crippen LogP contribution in [0.4, 0.5) is 10.1 Å². The van der Waals surface area contributed by atoms with E-state index in [0.29, 0.717) is 0 Å². The van der Waals surface area contributed by atoms with Crippen molar-refractivity contribution in [2.75, 3.05) is 6.61 Å². The number of benzene rings is 1. The fourth-order valence-electron chi connectivity index (χ4n) is 1.02. The quantitative estimate of drug-likeness (QED) is 0.437. The maximum absolute atomic E-state index is 13.1. The van der Waals surface area contributed by atoms with Gasteiger partial charge in [-0.25, -0.2) is 0 Å². The lowest BCUT2D eigenvalue weighted by molar-refractivity contribution is -0.388. The molecule has 5 heteroatoms. The molecule has 0 atom stereocenters. The number of nitrogens with zero attached hydrogens (tertiary/aromatic N) is 1. The Labute approximate surface area is 86.1 Å². The van der Waals surface area contributed by atoms with Crippen molar-refractivity contribution in [1.82, 2.24) is 0 Å². The van der Waals surface area contributed by atoms with Crippen LogP contribution in [0.1, 0.15) is 6.92 Å². The normalized spacial score (nSPS) is 10.5. The van der Waals surface area contributed by atoms with Crippen LogP contribution in [0.25, 0.3) is 0 Å². The molecular formula is C10H10FNO3. The summed E-state index contributed by atoms with van der Waals surface area (Å²) >= 11 is 0. The summed E-state index contributed by atoms with van der Waals surface area (Å²) in [6, 6.07) is 3.76. The van der Waals surface area contributed by atoms with Gasteiger partial charge in [-0.15, -0.1) is 0 Å². The molecule has 0 heterocycles. The highest BCUT2D eigenvalue weighted by Crippen LogP contribution is 2.29. The van der Waals surface area contributed by atoms with Crippen molar-refractivity contribution < 1.29 is 14.1 Å². The number of hydrogen-bond donors (Lipinski definition) is 0. The lowest BCUT2D eigenvalue weighted by Gasteiger charge is -2.03.